The van der Waals surface area contributed by atoms with Crippen LogP contribution in [0.25, 0.3) is 0 Å². The Labute approximate surface area is 150 Å². The Hall–Kier alpha value is -2.09. The van der Waals surface area contributed by atoms with Crippen molar-refractivity contribution in [3.05, 3.63) is 65.7 Å². The van der Waals surface area contributed by atoms with Crippen LogP contribution in [0.15, 0.2) is 59.6 Å². The molecule has 1 fully saturated rings. The third kappa shape index (κ3) is 2.06. The Bertz CT molecular complexity index is 810. The molecule has 0 N–H and O–H groups in total. The molecule has 0 radical (unpaired) electrons. The summed E-state index contributed by atoms with van der Waals surface area (Å²) in [5, 5.41) is 0. The first kappa shape index (κ1) is 15.2. The molecule has 2 aromatic carbocycles. The molecule has 0 saturated heterocycles. The van der Waals surface area contributed by atoms with Gasteiger partial charge in [-0.25, -0.2) is 0 Å². The van der Waals surface area contributed by atoms with Gasteiger partial charge in [-0.3, -0.25) is 4.99 Å². The van der Waals surface area contributed by atoms with Crippen molar-refractivity contribution < 1.29 is 0 Å². The van der Waals surface area contributed by atoms with Crippen LogP contribution < -0.4 is 4.90 Å². The van der Waals surface area contributed by atoms with E-state index in [1.807, 2.05) is 0 Å². The molecule has 3 aliphatic rings. The van der Waals surface area contributed by atoms with Crippen LogP contribution in [0.5, 0.6) is 0 Å². The number of hydrogen-bond acceptors (Lipinski definition) is 2. The number of para-hydroxylation sites is 1. The molecule has 0 bridgehead atoms. The van der Waals surface area contributed by atoms with E-state index in [2.05, 4.69) is 66.4 Å². The summed E-state index contributed by atoms with van der Waals surface area (Å²) >= 11 is 0. The molecule has 5 rings (SSSR count). The highest BCUT2D eigenvalue weighted by Crippen LogP contribution is 2.56. The lowest BCUT2D eigenvalue weighted by Crippen LogP contribution is -2.53. The number of rotatable bonds is 3. The number of nitrogens with zero attached hydrogens (tertiary/aromatic N) is 2. The molecule has 1 aliphatic carbocycles. The molecule has 2 heterocycles. The number of anilines is 1. The van der Waals surface area contributed by atoms with Crippen LogP contribution in [0.3, 0.4) is 0 Å². The van der Waals surface area contributed by atoms with E-state index in [0.717, 1.165) is 13.1 Å². The third-order valence-corrected chi connectivity index (χ3v) is 6.75. The number of benzene rings is 2. The van der Waals surface area contributed by atoms with Crippen molar-refractivity contribution in [2.24, 2.45) is 10.9 Å². The minimum atomic E-state index is 0.185. The van der Waals surface area contributed by atoms with Crippen LogP contribution >= 0.6 is 0 Å². The second-order valence-electron chi connectivity index (χ2n) is 7.82. The van der Waals surface area contributed by atoms with E-state index in [9.17, 15) is 0 Å². The highest BCUT2D eigenvalue weighted by molar-refractivity contribution is 6.03. The van der Waals surface area contributed by atoms with Crippen molar-refractivity contribution in [2.75, 3.05) is 11.4 Å². The molecule has 1 saturated carbocycles. The molecule has 128 valence electrons. The maximum atomic E-state index is 5.07. The lowest BCUT2D eigenvalue weighted by molar-refractivity contribution is 0.348. The molecule has 1 spiro atoms. The second kappa shape index (κ2) is 5.72. The SMILES string of the molecule is CCC1CC[C@H]2N(Cc3ccccc3)c3ccccc3[C@]23CCN=C13. The Morgan fingerprint density at radius 3 is 2.68 bits per heavy atom. The summed E-state index contributed by atoms with van der Waals surface area (Å²) in [6.07, 6.45) is 5.01. The molecule has 3 atom stereocenters. The van der Waals surface area contributed by atoms with Crippen molar-refractivity contribution in [3.63, 3.8) is 0 Å². The van der Waals surface area contributed by atoms with E-state index < -0.39 is 0 Å². The van der Waals surface area contributed by atoms with Crippen LogP contribution in [-0.2, 0) is 12.0 Å². The molecular formula is C23H26N2. The van der Waals surface area contributed by atoms with Gasteiger partial charge in [0.25, 0.3) is 0 Å². The Kier molecular flexibility index (Phi) is 3.48. The fourth-order valence-corrected chi connectivity index (χ4v) is 5.71. The molecule has 25 heavy (non-hydrogen) atoms. The van der Waals surface area contributed by atoms with Crippen LogP contribution in [0.1, 0.15) is 43.7 Å². The fraction of sp³-hybridized carbons (Fsp3) is 0.435. The first-order valence-corrected chi connectivity index (χ1v) is 9.79. The third-order valence-electron chi connectivity index (χ3n) is 6.75. The largest absolute Gasteiger partial charge is 0.363 e. The molecule has 0 aromatic heterocycles. The maximum absolute atomic E-state index is 5.07. The van der Waals surface area contributed by atoms with Crippen LogP contribution in [0.2, 0.25) is 0 Å². The van der Waals surface area contributed by atoms with Crippen molar-refractivity contribution in [1.29, 1.82) is 0 Å². The van der Waals surface area contributed by atoms with Gasteiger partial charge in [0.2, 0.25) is 0 Å². The second-order valence-corrected chi connectivity index (χ2v) is 7.82. The zero-order valence-corrected chi connectivity index (χ0v) is 15.0. The normalized spacial score (nSPS) is 29.8. The van der Waals surface area contributed by atoms with Gasteiger partial charge in [0.1, 0.15) is 0 Å². The van der Waals surface area contributed by atoms with E-state index in [-0.39, 0.29) is 5.41 Å². The van der Waals surface area contributed by atoms with Gasteiger partial charge < -0.3 is 4.90 Å². The molecule has 2 nitrogen and oxygen atoms in total. The van der Waals surface area contributed by atoms with Gasteiger partial charge >= 0.3 is 0 Å². The predicted molar refractivity (Wildman–Crippen MR) is 104 cm³/mol. The van der Waals surface area contributed by atoms with E-state index in [1.54, 1.807) is 5.56 Å². The van der Waals surface area contributed by atoms with Crippen molar-refractivity contribution in [3.8, 4) is 0 Å². The first-order valence-electron chi connectivity index (χ1n) is 9.79. The predicted octanol–water partition coefficient (Wildman–Crippen LogP) is 4.98. The summed E-state index contributed by atoms with van der Waals surface area (Å²) in [4.78, 5) is 7.77. The minimum absolute atomic E-state index is 0.185. The van der Waals surface area contributed by atoms with Crippen molar-refractivity contribution >= 4 is 11.4 Å². The zero-order valence-electron chi connectivity index (χ0n) is 15.0. The standard InChI is InChI=1S/C23H26N2/c1-2-18-12-13-21-23(14-15-24-22(18)23)19-10-6-7-11-20(19)25(21)16-17-8-4-3-5-9-17/h3-11,18,21H,2,12-16H2,1H3/t18?,21-,23-/m1/s1. The van der Waals surface area contributed by atoms with Gasteiger partial charge in [-0.15, -0.1) is 0 Å². The maximum Gasteiger partial charge on any atom is 0.0575 e. The monoisotopic (exact) mass is 330 g/mol. The van der Waals surface area contributed by atoms with Crippen molar-refractivity contribution in [1.82, 2.24) is 0 Å². The Morgan fingerprint density at radius 2 is 1.84 bits per heavy atom. The highest BCUT2D eigenvalue weighted by atomic mass is 15.2. The quantitative estimate of drug-likeness (QED) is 0.775. The summed E-state index contributed by atoms with van der Waals surface area (Å²) in [5.74, 6) is 0.684. The topological polar surface area (TPSA) is 15.6 Å². The van der Waals surface area contributed by atoms with E-state index in [0.29, 0.717) is 12.0 Å². The van der Waals surface area contributed by atoms with Gasteiger partial charge in [0.05, 0.1) is 5.41 Å². The number of hydrogen-bond donors (Lipinski definition) is 0. The average molecular weight is 330 g/mol. The summed E-state index contributed by atoms with van der Waals surface area (Å²) in [5.41, 5.74) is 6.11. The summed E-state index contributed by atoms with van der Waals surface area (Å²) in [6, 6.07) is 20.7. The summed E-state index contributed by atoms with van der Waals surface area (Å²) < 4.78 is 0. The van der Waals surface area contributed by atoms with Crippen molar-refractivity contribution in [2.45, 2.75) is 50.6 Å². The number of aliphatic imine (C=N–C) groups is 1. The lowest BCUT2D eigenvalue weighted by Gasteiger charge is -2.44. The van der Waals surface area contributed by atoms with Gasteiger partial charge in [0.15, 0.2) is 0 Å². The Morgan fingerprint density at radius 1 is 1.04 bits per heavy atom. The van der Waals surface area contributed by atoms with Crippen LogP contribution in [-0.4, -0.2) is 18.3 Å². The molecule has 1 unspecified atom stereocenters. The summed E-state index contributed by atoms with van der Waals surface area (Å²) in [6.45, 7) is 4.35. The molecule has 0 amide bonds. The van der Waals surface area contributed by atoms with E-state index >= 15 is 0 Å². The van der Waals surface area contributed by atoms with Gasteiger partial charge in [-0.2, -0.15) is 0 Å². The molecular weight excluding hydrogens is 304 g/mol. The van der Waals surface area contributed by atoms with Crippen LogP contribution in [0.4, 0.5) is 5.69 Å². The van der Waals surface area contributed by atoms with E-state index in [1.165, 1.54) is 42.6 Å². The number of fused-ring (bicyclic) bond motifs is 1. The average Bonchev–Trinajstić information content (AvgIpc) is 3.22. The zero-order chi connectivity index (χ0) is 16.9. The smallest absolute Gasteiger partial charge is 0.0575 e. The molecule has 2 heteroatoms. The van der Waals surface area contributed by atoms with Gasteiger partial charge in [0, 0.05) is 30.5 Å². The Balaban J connectivity index is 1.63. The molecule has 2 aliphatic heterocycles. The van der Waals surface area contributed by atoms with E-state index in [4.69, 9.17) is 4.99 Å². The van der Waals surface area contributed by atoms with Gasteiger partial charge in [-0.05, 0) is 48.8 Å². The minimum Gasteiger partial charge on any atom is -0.363 e. The fourth-order valence-electron chi connectivity index (χ4n) is 5.71. The summed E-state index contributed by atoms with van der Waals surface area (Å²) in [7, 11) is 0. The molecule has 2 aromatic rings. The van der Waals surface area contributed by atoms with Crippen LogP contribution in [0, 0.1) is 5.92 Å². The van der Waals surface area contributed by atoms with Gasteiger partial charge in [-0.1, -0.05) is 55.5 Å². The first-order chi connectivity index (χ1) is 12.3. The highest BCUT2D eigenvalue weighted by Gasteiger charge is 2.58. The lowest BCUT2D eigenvalue weighted by atomic mass is 9.62.